The molecule has 5 rings (SSSR count). The summed E-state index contributed by atoms with van der Waals surface area (Å²) in [5.74, 6) is 2.85. The van der Waals surface area contributed by atoms with E-state index >= 15 is 0 Å². The number of alkyl halides is 3. The second-order valence-corrected chi connectivity index (χ2v) is 7.51. The molecule has 0 atom stereocenters. The van der Waals surface area contributed by atoms with Crippen LogP contribution in [0, 0.1) is 0 Å². The minimum Gasteiger partial charge on any atom is -0.355 e. The molecule has 152 valence electrons. The molecule has 3 aromatic heterocycles. The Bertz CT molecular complexity index is 1010. The first-order valence-electron chi connectivity index (χ1n) is 9.73. The van der Waals surface area contributed by atoms with Crippen molar-refractivity contribution in [1.29, 1.82) is 0 Å². The Kier molecular flexibility index (Phi) is 4.29. The quantitative estimate of drug-likeness (QED) is 0.670. The zero-order valence-corrected chi connectivity index (χ0v) is 15.7. The number of nitrogens with zero attached hydrogens (tertiary/aromatic N) is 7. The van der Waals surface area contributed by atoms with Gasteiger partial charge < -0.3 is 9.80 Å². The number of fused-ring (bicyclic) bond motifs is 1. The number of anilines is 2. The zero-order chi connectivity index (χ0) is 20.0. The van der Waals surface area contributed by atoms with Crippen LogP contribution in [0.3, 0.4) is 0 Å². The molecular formula is C19H20F3N7. The van der Waals surface area contributed by atoms with Crippen molar-refractivity contribution in [2.75, 3.05) is 36.0 Å². The third-order valence-electron chi connectivity index (χ3n) is 5.47. The van der Waals surface area contributed by atoms with Crippen molar-refractivity contribution in [2.45, 2.75) is 31.4 Å². The van der Waals surface area contributed by atoms with Gasteiger partial charge in [-0.2, -0.15) is 13.2 Å². The lowest BCUT2D eigenvalue weighted by Crippen LogP contribution is -2.32. The maximum absolute atomic E-state index is 12.8. The van der Waals surface area contributed by atoms with Crippen molar-refractivity contribution in [3.63, 3.8) is 0 Å². The molecule has 1 saturated carbocycles. The molecule has 7 nitrogen and oxygen atoms in total. The normalized spacial score (nSPS) is 18.3. The van der Waals surface area contributed by atoms with Gasteiger partial charge in [0.2, 0.25) is 5.65 Å². The fraction of sp³-hybridized carbons (Fsp3) is 0.474. The molecule has 2 aliphatic rings. The van der Waals surface area contributed by atoms with Gasteiger partial charge in [-0.3, -0.25) is 4.40 Å². The van der Waals surface area contributed by atoms with Crippen LogP contribution in [0.15, 0.2) is 30.7 Å². The summed E-state index contributed by atoms with van der Waals surface area (Å²) in [6.07, 6.45) is 3.35. The van der Waals surface area contributed by atoms with Crippen LogP contribution in [0.4, 0.5) is 24.8 Å². The minimum atomic E-state index is -4.37. The Hall–Kier alpha value is -2.91. The van der Waals surface area contributed by atoms with Gasteiger partial charge in [-0.05, 0) is 31.4 Å². The molecule has 0 amide bonds. The molecule has 29 heavy (non-hydrogen) atoms. The molecule has 1 saturated heterocycles. The molecule has 2 fully saturated rings. The standard InChI is InChI=1S/C19H20F3N7/c20-19(21,22)14-4-5-15(24-12-14)27-7-1-8-28(11-10-27)17-18-26-25-16(13-2-3-13)29(18)9-6-23-17/h4-6,9,12-13H,1-3,7-8,10-11H2. The highest BCUT2D eigenvalue weighted by atomic mass is 19.4. The SMILES string of the molecule is FC(F)(F)c1ccc(N2CCCN(c3nccn4c(C5CC5)nnc34)CC2)nc1. The van der Waals surface area contributed by atoms with Gasteiger partial charge in [0.1, 0.15) is 11.6 Å². The maximum Gasteiger partial charge on any atom is 0.417 e. The number of hydrogen-bond acceptors (Lipinski definition) is 6. The number of rotatable bonds is 3. The summed E-state index contributed by atoms with van der Waals surface area (Å²) in [6.45, 7) is 2.83. The molecule has 0 radical (unpaired) electrons. The van der Waals surface area contributed by atoms with Crippen LogP contribution in [0.2, 0.25) is 0 Å². The first kappa shape index (κ1) is 18.1. The summed E-state index contributed by atoms with van der Waals surface area (Å²) >= 11 is 0. The van der Waals surface area contributed by atoms with Crippen LogP contribution in [-0.2, 0) is 6.18 Å². The van der Waals surface area contributed by atoms with Crippen molar-refractivity contribution in [1.82, 2.24) is 24.6 Å². The average molecular weight is 403 g/mol. The summed E-state index contributed by atoms with van der Waals surface area (Å²) in [5.41, 5.74) is 0.0300. The largest absolute Gasteiger partial charge is 0.417 e. The third-order valence-corrected chi connectivity index (χ3v) is 5.47. The Morgan fingerprint density at radius 3 is 2.45 bits per heavy atom. The lowest BCUT2D eigenvalue weighted by atomic mass is 10.2. The summed E-state index contributed by atoms with van der Waals surface area (Å²) in [7, 11) is 0. The molecule has 0 aromatic carbocycles. The highest BCUT2D eigenvalue weighted by molar-refractivity contribution is 5.64. The third kappa shape index (κ3) is 3.47. The molecule has 0 spiro atoms. The van der Waals surface area contributed by atoms with Crippen LogP contribution in [0.25, 0.3) is 5.65 Å². The van der Waals surface area contributed by atoms with E-state index in [1.165, 1.54) is 6.07 Å². The second kappa shape index (κ2) is 6.85. The average Bonchev–Trinajstić information content (AvgIpc) is 3.50. The van der Waals surface area contributed by atoms with Crippen LogP contribution < -0.4 is 9.80 Å². The maximum atomic E-state index is 12.8. The first-order chi connectivity index (χ1) is 14.0. The van der Waals surface area contributed by atoms with Crippen molar-refractivity contribution >= 4 is 17.3 Å². The number of aromatic nitrogens is 5. The molecule has 0 unspecified atom stereocenters. The van der Waals surface area contributed by atoms with E-state index in [4.69, 9.17) is 0 Å². The summed E-state index contributed by atoms with van der Waals surface area (Å²) < 4.78 is 40.3. The Morgan fingerprint density at radius 2 is 1.72 bits per heavy atom. The van der Waals surface area contributed by atoms with Crippen LogP contribution in [-0.4, -0.2) is 50.7 Å². The van der Waals surface area contributed by atoms with E-state index < -0.39 is 11.7 Å². The van der Waals surface area contributed by atoms with Gasteiger partial charge in [0.15, 0.2) is 5.82 Å². The van der Waals surface area contributed by atoms with E-state index in [1.807, 2.05) is 15.5 Å². The van der Waals surface area contributed by atoms with Crippen molar-refractivity contribution in [3.8, 4) is 0 Å². The van der Waals surface area contributed by atoms with E-state index in [0.717, 1.165) is 61.9 Å². The molecule has 1 aliphatic heterocycles. The predicted molar refractivity (Wildman–Crippen MR) is 101 cm³/mol. The minimum absolute atomic E-state index is 0.491. The van der Waals surface area contributed by atoms with Gasteiger partial charge in [-0.25, -0.2) is 9.97 Å². The number of pyridine rings is 1. The van der Waals surface area contributed by atoms with Gasteiger partial charge in [0.05, 0.1) is 5.56 Å². The monoisotopic (exact) mass is 403 g/mol. The van der Waals surface area contributed by atoms with Crippen molar-refractivity contribution in [3.05, 3.63) is 42.1 Å². The first-order valence-corrected chi connectivity index (χ1v) is 9.73. The molecule has 1 aliphatic carbocycles. The molecule has 10 heteroatoms. The van der Waals surface area contributed by atoms with E-state index in [2.05, 4.69) is 25.1 Å². The molecule has 4 heterocycles. The second-order valence-electron chi connectivity index (χ2n) is 7.51. The highest BCUT2D eigenvalue weighted by Crippen LogP contribution is 2.39. The topological polar surface area (TPSA) is 62.5 Å². The van der Waals surface area contributed by atoms with Gasteiger partial charge in [-0.1, -0.05) is 0 Å². The van der Waals surface area contributed by atoms with E-state index in [-0.39, 0.29) is 0 Å². The fourth-order valence-corrected chi connectivity index (χ4v) is 3.77. The van der Waals surface area contributed by atoms with E-state index in [0.29, 0.717) is 24.8 Å². The lowest BCUT2D eigenvalue weighted by Gasteiger charge is -2.23. The van der Waals surface area contributed by atoms with Crippen molar-refractivity contribution in [2.24, 2.45) is 0 Å². The molecular weight excluding hydrogens is 383 g/mol. The summed E-state index contributed by atoms with van der Waals surface area (Å²) in [5, 5.41) is 8.73. The Morgan fingerprint density at radius 1 is 0.931 bits per heavy atom. The molecule has 3 aromatic rings. The van der Waals surface area contributed by atoms with Crippen molar-refractivity contribution < 1.29 is 13.2 Å². The zero-order valence-electron chi connectivity index (χ0n) is 15.7. The van der Waals surface area contributed by atoms with E-state index in [9.17, 15) is 13.2 Å². The smallest absolute Gasteiger partial charge is 0.355 e. The van der Waals surface area contributed by atoms with Gasteiger partial charge in [-0.15, -0.1) is 10.2 Å². The van der Waals surface area contributed by atoms with Gasteiger partial charge in [0.25, 0.3) is 0 Å². The summed E-state index contributed by atoms with van der Waals surface area (Å²) in [6, 6.07) is 2.53. The lowest BCUT2D eigenvalue weighted by molar-refractivity contribution is -0.137. The Balaban J connectivity index is 1.34. The predicted octanol–water partition coefficient (Wildman–Crippen LogP) is 3.13. The number of halogens is 3. The Labute approximate surface area is 165 Å². The highest BCUT2D eigenvalue weighted by Gasteiger charge is 2.31. The fourth-order valence-electron chi connectivity index (χ4n) is 3.77. The summed E-state index contributed by atoms with van der Waals surface area (Å²) in [4.78, 5) is 12.8. The number of hydrogen-bond donors (Lipinski definition) is 0. The molecule has 0 bridgehead atoms. The van der Waals surface area contributed by atoms with Gasteiger partial charge in [0, 0.05) is 50.7 Å². The van der Waals surface area contributed by atoms with Gasteiger partial charge >= 0.3 is 6.18 Å². The molecule has 0 N–H and O–H groups in total. The van der Waals surface area contributed by atoms with Crippen LogP contribution >= 0.6 is 0 Å². The van der Waals surface area contributed by atoms with E-state index in [1.54, 1.807) is 6.20 Å². The van der Waals surface area contributed by atoms with Crippen LogP contribution in [0.1, 0.15) is 36.6 Å². The van der Waals surface area contributed by atoms with Crippen LogP contribution in [0.5, 0.6) is 0 Å².